The summed E-state index contributed by atoms with van der Waals surface area (Å²) < 4.78 is 83.7. The van der Waals surface area contributed by atoms with E-state index in [-0.39, 0.29) is 49.7 Å². The van der Waals surface area contributed by atoms with Crippen LogP contribution in [0.4, 0.5) is 18.0 Å². The molecule has 4 amide bonds. The third-order valence-electron chi connectivity index (χ3n) is 13.8. The fraction of sp³-hybridized carbons (Fsp3) is 0.634. The van der Waals surface area contributed by atoms with E-state index >= 15 is 4.79 Å². The van der Waals surface area contributed by atoms with Crippen molar-refractivity contribution < 1.29 is 55.3 Å². The molecule has 320 valence electrons. The Bertz CT molecular complexity index is 2240. The van der Waals surface area contributed by atoms with Gasteiger partial charge in [-0.1, -0.05) is 25.0 Å². The van der Waals surface area contributed by atoms with E-state index in [0.717, 1.165) is 6.42 Å². The van der Waals surface area contributed by atoms with Gasteiger partial charge < -0.3 is 24.8 Å². The first kappa shape index (κ1) is 41.1. The molecule has 0 unspecified atom stereocenters. The van der Waals surface area contributed by atoms with E-state index < -0.39 is 90.9 Å². The van der Waals surface area contributed by atoms with Gasteiger partial charge in [-0.2, -0.15) is 13.2 Å². The van der Waals surface area contributed by atoms with Crippen molar-refractivity contribution in [2.24, 2.45) is 5.92 Å². The van der Waals surface area contributed by atoms with Gasteiger partial charge in [0.2, 0.25) is 21.8 Å². The van der Waals surface area contributed by atoms with Crippen LogP contribution in [0.15, 0.2) is 30.4 Å². The fourth-order valence-electron chi connectivity index (χ4n) is 9.58. The molecule has 3 N–H and O–H groups in total. The van der Waals surface area contributed by atoms with Crippen LogP contribution in [0.1, 0.15) is 109 Å². The van der Waals surface area contributed by atoms with Crippen LogP contribution < -0.4 is 19.5 Å². The van der Waals surface area contributed by atoms with E-state index in [1.165, 1.54) is 36.0 Å². The van der Waals surface area contributed by atoms with Crippen molar-refractivity contribution in [2.45, 2.75) is 143 Å². The SMILES string of the molecule is COc1ccc2nc(C(F)(F)F)c3c(c2c1)CC[C@]1(C[C@H]2C(=O)N[C@]4(C(=O)NS(=O)(=O)C5(C)CC5)C[C@H]4/C=C\CCCCC[C@H](N(C(=O)O)C4(C)CCC4)C(=O)N2C1)O3. The monoisotopic (exact) mass is 845 g/mol. The van der Waals surface area contributed by atoms with Crippen LogP contribution in [0.5, 0.6) is 11.5 Å². The Morgan fingerprint density at radius 1 is 1.07 bits per heavy atom. The zero-order chi connectivity index (χ0) is 42.3. The zero-order valence-electron chi connectivity index (χ0n) is 33.3. The Morgan fingerprint density at radius 2 is 1.81 bits per heavy atom. The summed E-state index contributed by atoms with van der Waals surface area (Å²) in [4.78, 5) is 63.3. The van der Waals surface area contributed by atoms with Gasteiger partial charge in [-0.05, 0) is 103 Å². The van der Waals surface area contributed by atoms with Crippen molar-refractivity contribution in [3.8, 4) is 11.5 Å². The smallest absolute Gasteiger partial charge is 0.437 e. The van der Waals surface area contributed by atoms with Gasteiger partial charge in [0, 0.05) is 28.8 Å². The van der Waals surface area contributed by atoms with Crippen molar-refractivity contribution in [1.29, 1.82) is 0 Å². The van der Waals surface area contributed by atoms with Crippen molar-refractivity contribution in [1.82, 2.24) is 24.8 Å². The number of rotatable bonds is 6. The van der Waals surface area contributed by atoms with Gasteiger partial charge in [-0.3, -0.25) is 24.0 Å². The number of hydrogen-bond donors (Lipinski definition) is 3. The lowest BCUT2D eigenvalue weighted by molar-refractivity contribution is -0.147. The van der Waals surface area contributed by atoms with Gasteiger partial charge in [0.05, 0.1) is 23.9 Å². The van der Waals surface area contributed by atoms with Crippen LogP contribution in [0.25, 0.3) is 10.9 Å². The molecule has 4 heterocycles. The predicted octanol–water partition coefficient (Wildman–Crippen LogP) is 5.61. The Kier molecular flexibility index (Phi) is 9.94. The highest BCUT2D eigenvalue weighted by Gasteiger charge is 2.64. The van der Waals surface area contributed by atoms with E-state index in [1.54, 1.807) is 19.1 Å². The average Bonchev–Trinajstić information content (AvgIpc) is 4.06. The fourth-order valence-corrected chi connectivity index (χ4v) is 10.9. The summed E-state index contributed by atoms with van der Waals surface area (Å²) in [5.41, 5.74) is -5.02. The Labute approximate surface area is 340 Å². The molecule has 0 bridgehead atoms. The molecule has 5 atom stereocenters. The summed E-state index contributed by atoms with van der Waals surface area (Å²) >= 11 is 0. The van der Waals surface area contributed by atoms with Gasteiger partial charge in [0.15, 0.2) is 11.4 Å². The molecule has 3 aliphatic heterocycles. The number of amides is 4. The third-order valence-corrected chi connectivity index (χ3v) is 15.9. The largest absolute Gasteiger partial charge is 0.497 e. The minimum absolute atomic E-state index is 0.0551. The number of benzene rings is 1. The van der Waals surface area contributed by atoms with Gasteiger partial charge in [0.25, 0.3) is 5.91 Å². The number of methoxy groups -OCH3 is 1. The Balaban J connectivity index is 1.20. The lowest BCUT2D eigenvalue weighted by Crippen LogP contribution is -2.63. The summed E-state index contributed by atoms with van der Waals surface area (Å²) in [6.07, 6.45) is 2.44. The number of pyridine rings is 1. The summed E-state index contributed by atoms with van der Waals surface area (Å²) in [6, 6.07) is 1.88. The molecule has 2 aromatic rings. The summed E-state index contributed by atoms with van der Waals surface area (Å²) in [5.74, 6) is -3.12. The first-order chi connectivity index (χ1) is 27.8. The van der Waals surface area contributed by atoms with Gasteiger partial charge >= 0.3 is 12.3 Å². The number of aromatic nitrogens is 1. The zero-order valence-corrected chi connectivity index (χ0v) is 34.1. The molecule has 1 aromatic heterocycles. The number of carbonyl (C=O) groups is 4. The number of ether oxygens (including phenoxy) is 2. The molecule has 18 heteroatoms. The first-order valence-electron chi connectivity index (χ1n) is 20.4. The number of halogens is 3. The van der Waals surface area contributed by atoms with Crippen molar-refractivity contribution >= 4 is 44.7 Å². The summed E-state index contributed by atoms with van der Waals surface area (Å²) in [5, 5.41) is 13.8. The van der Waals surface area contributed by atoms with Crippen LogP contribution >= 0.6 is 0 Å². The topological polar surface area (TPSA) is 185 Å². The number of nitrogens with zero attached hydrogens (tertiary/aromatic N) is 3. The molecule has 1 saturated heterocycles. The van der Waals surface area contributed by atoms with E-state index in [9.17, 15) is 41.1 Å². The number of sulfonamides is 1. The van der Waals surface area contributed by atoms with E-state index in [2.05, 4.69) is 15.0 Å². The Morgan fingerprint density at radius 3 is 2.46 bits per heavy atom. The molecule has 8 rings (SSSR count). The average molecular weight is 846 g/mol. The lowest BCUT2D eigenvalue weighted by Gasteiger charge is -2.50. The van der Waals surface area contributed by atoms with E-state index in [4.69, 9.17) is 9.47 Å². The highest BCUT2D eigenvalue weighted by Crippen LogP contribution is 2.51. The number of alkyl halides is 3. The minimum atomic E-state index is -4.94. The molecule has 1 aromatic carbocycles. The standard InChI is InChI=1S/C41H50F3N5O9S/c1-37(15-9-16-37)49(36(53)54)29-11-8-6-4-5-7-10-24-21-40(24,35(52)47-59(55,56)38(2)18-19-38)46-33(50)30-22-39(23-48(30)34(29)51)17-14-26-27-20-25(57-3)12-13-28(27)45-32(31(26)58-39)41(42,43)44/h7,10,12-13,20,24,29-30H,4-6,8-9,11,14-19,21-23H2,1-3H3,(H,46,50)(H,47,52)(H,53,54)/b10-7-/t24-,29+,30+,39-,40-/m1/s1. The van der Waals surface area contributed by atoms with Gasteiger partial charge in [-0.25, -0.2) is 18.2 Å². The van der Waals surface area contributed by atoms with Crippen LogP contribution in [0.3, 0.4) is 0 Å². The predicted molar refractivity (Wildman–Crippen MR) is 207 cm³/mol. The molecule has 4 fully saturated rings. The molecule has 3 aliphatic carbocycles. The minimum Gasteiger partial charge on any atom is -0.497 e. The normalized spacial score (nSPS) is 30.5. The summed E-state index contributed by atoms with van der Waals surface area (Å²) in [6.45, 7) is 2.96. The second-order valence-electron chi connectivity index (χ2n) is 17.9. The van der Waals surface area contributed by atoms with Crippen molar-refractivity contribution in [2.75, 3.05) is 13.7 Å². The highest BCUT2D eigenvalue weighted by molar-refractivity contribution is 7.91. The summed E-state index contributed by atoms with van der Waals surface area (Å²) in [7, 11) is -2.67. The maximum atomic E-state index is 15.1. The second kappa shape index (κ2) is 14.3. The molecular formula is C41H50F3N5O9S. The van der Waals surface area contributed by atoms with Crippen LogP contribution in [0, 0.1) is 5.92 Å². The van der Waals surface area contributed by atoms with Crippen LogP contribution in [-0.4, -0.2) is 99.3 Å². The number of nitrogens with one attached hydrogen (secondary N) is 2. The molecule has 14 nitrogen and oxygen atoms in total. The number of fused-ring (bicyclic) bond motifs is 5. The number of carboxylic acid groups (broad SMARTS) is 1. The van der Waals surface area contributed by atoms with E-state index in [1.807, 2.05) is 6.08 Å². The molecular weight excluding hydrogens is 796 g/mol. The molecule has 0 radical (unpaired) electrons. The van der Waals surface area contributed by atoms with Crippen molar-refractivity contribution in [3.63, 3.8) is 0 Å². The maximum absolute atomic E-state index is 15.1. The molecule has 1 spiro atoms. The van der Waals surface area contributed by atoms with Gasteiger partial charge in [0.1, 0.15) is 29.0 Å². The second-order valence-corrected chi connectivity index (χ2v) is 20.1. The number of allylic oxidation sites excluding steroid dienone is 1. The Hall–Kier alpha value is -4.61. The molecule has 3 saturated carbocycles. The quantitative estimate of drug-likeness (QED) is 0.309. The van der Waals surface area contributed by atoms with E-state index in [0.29, 0.717) is 62.5 Å². The van der Waals surface area contributed by atoms with Gasteiger partial charge in [-0.15, -0.1) is 0 Å². The number of carbonyl (C=O) groups excluding carboxylic acids is 3. The number of hydrogen-bond acceptors (Lipinski definition) is 9. The molecule has 6 aliphatic rings. The lowest BCUT2D eigenvalue weighted by atomic mass is 9.76. The molecule has 59 heavy (non-hydrogen) atoms. The van der Waals surface area contributed by atoms with Crippen LogP contribution in [-0.2, 0) is 37.0 Å². The number of aryl methyl sites for hydroxylation is 1. The van der Waals surface area contributed by atoms with Crippen LogP contribution in [0.2, 0.25) is 0 Å². The van der Waals surface area contributed by atoms with Crippen molar-refractivity contribution in [3.05, 3.63) is 41.6 Å². The first-order valence-corrected chi connectivity index (χ1v) is 21.9. The highest BCUT2D eigenvalue weighted by atomic mass is 32.2. The third kappa shape index (κ3) is 7.15. The maximum Gasteiger partial charge on any atom is 0.437 e.